The zero-order valence-corrected chi connectivity index (χ0v) is 16.5. The molecule has 0 spiro atoms. The van der Waals surface area contributed by atoms with Gasteiger partial charge >= 0.3 is 0 Å². The molecular weight excluding hydrogens is 408 g/mol. The van der Waals surface area contributed by atoms with Crippen LogP contribution in [-0.2, 0) is 21.6 Å². The quantitative estimate of drug-likeness (QED) is 0.606. The number of amides is 1. The molecule has 7 heteroatoms. The topological polar surface area (TPSA) is 57.6 Å². The Bertz CT molecular complexity index is 1160. The van der Waals surface area contributed by atoms with E-state index in [1.165, 1.54) is 6.07 Å². The van der Waals surface area contributed by atoms with Crippen molar-refractivity contribution < 1.29 is 22.3 Å². The van der Waals surface area contributed by atoms with Gasteiger partial charge < -0.3 is 9.45 Å². The average molecular weight is 425 g/mol. The number of para-hydroxylation sites is 1. The maximum atomic E-state index is 13.9. The molecule has 3 aromatic carbocycles. The van der Waals surface area contributed by atoms with E-state index in [0.29, 0.717) is 28.0 Å². The molecule has 1 aliphatic rings. The third kappa shape index (κ3) is 3.94. The molecule has 1 unspecified atom stereocenters. The molecule has 1 heterocycles. The first-order valence-electron chi connectivity index (χ1n) is 9.16. The van der Waals surface area contributed by atoms with Crippen LogP contribution < -0.4 is 4.90 Å². The minimum Gasteiger partial charge on any atom is -0.306 e. The maximum Gasteiger partial charge on any atom is 0.259 e. The Morgan fingerprint density at radius 2 is 1.57 bits per heavy atom. The first kappa shape index (κ1) is 20.1. The monoisotopic (exact) mass is 425 g/mol. The molecule has 1 aliphatic heterocycles. The smallest absolute Gasteiger partial charge is 0.259 e. The minimum absolute atomic E-state index is 0.00439. The van der Waals surface area contributed by atoms with Gasteiger partial charge in [-0.1, -0.05) is 48.5 Å². The van der Waals surface area contributed by atoms with Gasteiger partial charge in [0.1, 0.15) is 0 Å². The number of halogens is 2. The zero-order chi connectivity index (χ0) is 21.3. The van der Waals surface area contributed by atoms with Crippen molar-refractivity contribution in [1.82, 2.24) is 0 Å². The van der Waals surface area contributed by atoms with Crippen molar-refractivity contribution in [3.63, 3.8) is 0 Å². The van der Waals surface area contributed by atoms with Crippen LogP contribution >= 0.6 is 0 Å². The molecule has 0 bridgehead atoms. The molecule has 4 rings (SSSR count). The maximum absolute atomic E-state index is 13.9. The lowest BCUT2D eigenvalue weighted by Gasteiger charge is -2.17. The first-order valence-corrected chi connectivity index (χ1v) is 10.4. The number of nitrogens with zero attached hydrogens (tertiary/aromatic N) is 1. The highest BCUT2D eigenvalue weighted by atomic mass is 32.2. The van der Waals surface area contributed by atoms with E-state index in [4.69, 9.17) is 4.55 Å². The van der Waals surface area contributed by atoms with Crippen LogP contribution in [0.25, 0.3) is 11.1 Å². The van der Waals surface area contributed by atoms with Crippen LogP contribution in [0.1, 0.15) is 16.7 Å². The van der Waals surface area contributed by atoms with Crippen molar-refractivity contribution >= 4 is 33.8 Å². The molecule has 0 radical (unpaired) electrons. The van der Waals surface area contributed by atoms with Crippen molar-refractivity contribution in [2.45, 2.75) is 5.75 Å². The summed E-state index contributed by atoms with van der Waals surface area (Å²) in [5.74, 6) is -2.30. The molecule has 1 atom stereocenters. The predicted octanol–water partition coefficient (Wildman–Crippen LogP) is 4.64. The van der Waals surface area contributed by atoms with E-state index in [0.717, 1.165) is 17.7 Å². The molecule has 152 valence electrons. The number of carbonyl (C=O) groups is 1. The largest absolute Gasteiger partial charge is 0.306 e. The van der Waals surface area contributed by atoms with Crippen molar-refractivity contribution in [3.8, 4) is 0 Å². The summed E-state index contributed by atoms with van der Waals surface area (Å²) in [6.07, 6.45) is 0. The Morgan fingerprint density at radius 3 is 2.20 bits per heavy atom. The molecule has 0 aliphatic carbocycles. The van der Waals surface area contributed by atoms with E-state index < -0.39 is 22.7 Å². The molecule has 1 amide bonds. The highest BCUT2D eigenvalue weighted by molar-refractivity contribution is 7.78. The Balaban J connectivity index is 1.80. The Hall–Kier alpha value is -3.16. The Kier molecular flexibility index (Phi) is 5.57. The van der Waals surface area contributed by atoms with Crippen LogP contribution in [-0.4, -0.2) is 21.2 Å². The van der Waals surface area contributed by atoms with E-state index in [1.54, 1.807) is 29.2 Å². The molecular formula is C23H17F2NO3S. The fraction of sp³-hybridized carbons (Fsp3) is 0.0870. The predicted molar refractivity (Wildman–Crippen MR) is 113 cm³/mol. The van der Waals surface area contributed by atoms with Gasteiger partial charge in [0.05, 0.1) is 17.9 Å². The van der Waals surface area contributed by atoms with Gasteiger partial charge in [-0.25, -0.2) is 13.0 Å². The van der Waals surface area contributed by atoms with Gasteiger partial charge in [-0.05, 0) is 46.5 Å². The Labute approximate surface area is 174 Å². The number of carbonyl (C=O) groups excluding carboxylic acids is 1. The van der Waals surface area contributed by atoms with Gasteiger partial charge in [-0.3, -0.25) is 4.79 Å². The van der Waals surface area contributed by atoms with Gasteiger partial charge in [0, 0.05) is 5.69 Å². The number of anilines is 1. The van der Waals surface area contributed by atoms with Crippen LogP contribution in [0.5, 0.6) is 0 Å². The molecule has 0 saturated carbocycles. The minimum atomic E-state index is -1.95. The van der Waals surface area contributed by atoms with Gasteiger partial charge in [-0.2, -0.15) is 0 Å². The number of hydrogen-bond donors (Lipinski definition) is 1. The van der Waals surface area contributed by atoms with E-state index in [9.17, 15) is 17.8 Å². The molecule has 1 N–H and O–H groups in total. The van der Waals surface area contributed by atoms with Crippen LogP contribution in [0.4, 0.5) is 14.5 Å². The summed E-state index contributed by atoms with van der Waals surface area (Å²) >= 11 is -1.95. The van der Waals surface area contributed by atoms with E-state index in [2.05, 4.69) is 0 Å². The first-order chi connectivity index (χ1) is 14.4. The summed E-state index contributed by atoms with van der Waals surface area (Å²) in [5, 5.41) is 0. The van der Waals surface area contributed by atoms with Gasteiger partial charge in [0.25, 0.3) is 5.91 Å². The summed E-state index contributed by atoms with van der Waals surface area (Å²) in [6, 6.07) is 19.5. The van der Waals surface area contributed by atoms with Crippen molar-refractivity contribution in [3.05, 3.63) is 101 Å². The highest BCUT2D eigenvalue weighted by Gasteiger charge is 2.33. The van der Waals surface area contributed by atoms with Crippen LogP contribution in [0.3, 0.4) is 0 Å². The lowest BCUT2D eigenvalue weighted by Crippen LogP contribution is -2.26. The second kappa shape index (κ2) is 8.30. The summed E-state index contributed by atoms with van der Waals surface area (Å²) in [6.45, 7) is 0.266. The number of rotatable bonds is 5. The van der Waals surface area contributed by atoms with E-state index >= 15 is 0 Å². The molecule has 0 aromatic heterocycles. The Morgan fingerprint density at radius 1 is 0.900 bits per heavy atom. The summed E-state index contributed by atoms with van der Waals surface area (Å²) in [4.78, 5) is 14.9. The van der Waals surface area contributed by atoms with Crippen LogP contribution in [0.2, 0.25) is 0 Å². The molecule has 0 fully saturated rings. The lowest BCUT2D eigenvalue weighted by atomic mass is 9.96. The summed E-state index contributed by atoms with van der Waals surface area (Å²) in [5.41, 5.74) is 3.38. The second-order valence-electron chi connectivity index (χ2n) is 6.87. The molecule has 3 aromatic rings. The lowest BCUT2D eigenvalue weighted by molar-refractivity contribution is -0.112. The summed E-state index contributed by atoms with van der Waals surface area (Å²) in [7, 11) is 0. The SMILES string of the molecule is O=C1C(c2ccc(F)c(F)c2)=C(c2ccc(CS(=O)O)cc2)CN1c1ccccc1. The highest BCUT2D eigenvalue weighted by Crippen LogP contribution is 2.37. The standard InChI is InChI=1S/C23H17F2NO3S/c24-20-11-10-17(12-21(20)25)22-19(16-8-6-15(7-9-16)14-30(28)29)13-26(23(22)27)18-4-2-1-3-5-18/h1-12H,13-14H2,(H,28,29). The van der Waals surface area contributed by atoms with Gasteiger partial charge in [0.15, 0.2) is 22.7 Å². The third-order valence-corrected chi connectivity index (χ3v) is 5.53. The van der Waals surface area contributed by atoms with Crippen molar-refractivity contribution in [1.29, 1.82) is 0 Å². The molecule has 4 nitrogen and oxygen atoms in total. The second-order valence-corrected chi connectivity index (χ2v) is 7.80. The number of benzene rings is 3. The fourth-order valence-corrected chi connectivity index (χ4v) is 4.00. The molecule has 30 heavy (non-hydrogen) atoms. The third-order valence-electron chi connectivity index (χ3n) is 4.95. The van der Waals surface area contributed by atoms with Crippen LogP contribution in [0, 0.1) is 11.6 Å². The normalized spacial score (nSPS) is 15.0. The van der Waals surface area contributed by atoms with Crippen LogP contribution in [0.15, 0.2) is 72.8 Å². The zero-order valence-electron chi connectivity index (χ0n) is 15.7. The van der Waals surface area contributed by atoms with E-state index in [-0.39, 0.29) is 18.2 Å². The number of hydrogen-bond acceptors (Lipinski definition) is 2. The average Bonchev–Trinajstić information content (AvgIpc) is 3.08. The van der Waals surface area contributed by atoms with Crippen molar-refractivity contribution in [2.24, 2.45) is 0 Å². The van der Waals surface area contributed by atoms with E-state index in [1.807, 2.05) is 30.3 Å². The van der Waals surface area contributed by atoms with Crippen molar-refractivity contribution in [2.75, 3.05) is 11.4 Å². The summed E-state index contributed by atoms with van der Waals surface area (Å²) < 4.78 is 47.5. The van der Waals surface area contributed by atoms with Gasteiger partial charge in [0.2, 0.25) is 0 Å². The van der Waals surface area contributed by atoms with Gasteiger partial charge in [-0.15, -0.1) is 0 Å². The molecule has 0 saturated heterocycles. The fourth-order valence-electron chi connectivity index (χ4n) is 3.52.